The van der Waals surface area contributed by atoms with Crippen LogP contribution in [-0.4, -0.2) is 56.1 Å². The molecular formula is C29H28Cl2N2O5. The molecule has 0 saturated carbocycles. The van der Waals surface area contributed by atoms with E-state index in [1.807, 2.05) is 42.5 Å². The van der Waals surface area contributed by atoms with Gasteiger partial charge in [-0.15, -0.1) is 0 Å². The minimum Gasteiger partial charge on any atom is -0.491 e. The molecule has 1 N–H and O–H groups in total. The molecule has 2 heterocycles. The monoisotopic (exact) mass is 554 g/mol. The van der Waals surface area contributed by atoms with Crippen molar-refractivity contribution in [1.29, 1.82) is 0 Å². The van der Waals surface area contributed by atoms with Gasteiger partial charge in [-0.3, -0.25) is 4.90 Å². The highest BCUT2D eigenvalue weighted by Gasteiger charge is 2.36. The summed E-state index contributed by atoms with van der Waals surface area (Å²) in [7, 11) is 1.64. The minimum absolute atomic E-state index is 0.323. The van der Waals surface area contributed by atoms with Crippen LogP contribution in [-0.2, 0) is 15.9 Å². The Morgan fingerprint density at radius 2 is 1.79 bits per heavy atom. The van der Waals surface area contributed by atoms with Crippen LogP contribution in [0.15, 0.2) is 66.7 Å². The van der Waals surface area contributed by atoms with Gasteiger partial charge in [0, 0.05) is 35.3 Å². The Hall–Kier alpha value is -3.23. The first-order valence-corrected chi connectivity index (χ1v) is 13.1. The third-order valence-electron chi connectivity index (χ3n) is 6.48. The second-order valence-electron chi connectivity index (χ2n) is 8.87. The molecule has 1 amide bonds. The number of carbonyl (C=O) groups is 1. The highest BCUT2D eigenvalue weighted by molar-refractivity contribution is 6.32. The molecule has 3 aromatic carbocycles. The van der Waals surface area contributed by atoms with Crippen molar-refractivity contribution in [2.24, 2.45) is 0 Å². The average molecular weight is 555 g/mol. The van der Waals surface area contributed by atoms with Gasteiger partial charge in [0.15, 0.2) is 5.75 Å². The third-order valence-corrected chi connectivity index (χ3v) is 7.03. The molecule has 38 heavy (non-hydrogen) atoms. The molecule has 0 saturated heterocycles. The summed E-state index contributed by atoms with van der Waals surface area (Å²) in [6.45, 7) is 2.44. The number of benzene rings is 3. The van der Waals surface area contributed by atoms with E-state index in [1.54, 1.807) is 36.3 Å². The summed E-state index contributed by atoms with van der Waals surface area (Å²) in [4.78, 5) is 18.7. The van der Waals surface area contributed by atoms with Gasteiger partial charge in [-0.25, -0.2) is 4.79 Å². The number of halogens is 2. The lowest BCUT2D eigenvalue weighted by Gasteiger charge is -2.35. The van der Waals surface area contributed by atoms with E-state index < -0.39 is 12.1 Å². The van der Waals surface area contributed by atoms with Gasteiger partial charge in [0.05, 0.1) is 24.8 Å². The van der Waals surface area contributed by atoms with Crippen molar-refractivity contribution in [3.8, 4) is 11.5 Å². The van der Waals surface area contributed by atoms with E-state index in [1.165, 1.54) is 0 Å². The molecule has 1 unspecified atom stereocenters. The van der Waals surface area contributed by atoms with Crippen molar-refractivity contribution in [3.63, 3.8) is 0 Å². The van der Waals surface area contributed by atoms with Crippen molar-refractivity contribution in [2.75, 3.05) is 40.1 Å². The number of rotatable bonds is 9. The maximum Gasteiger partial charge on any atom is 0.416 e. The lowest BCUT2D eigenvalue weighted by molar-refractivity contribution is 0.0544. The van der Waals surface area contributed by atoms with Crippen LogP contribution in [0.25, 0.3) is 10.9 Å². The number of aromatic nitrogens is 1. The predicted molar refractivity (Wildman–Crippen MR) is 148 cm³/mol. The molecule has 9 heteroatoms. The van der Waals surface area contributed by atoms with Gasteiger partial charge in [-0.2, -0.15) is 0 Å². The van der Waals surface area contributed by atoms with E-state index >= 15 is 0 Å². The molecule has 7 nitrogen and oxygen atoms in total. The zero-order chi connectivity index (χ0) is 26.5. The van der Waals surface area contributed by atoms with Crippen LogP contribution < -0.4 is 9.47 Å². The maximum atomic E-state index is 13.5. The molecule has 1 aliphatic heterocycles. The summed E-state index contributed by atoms with van der Waals surface area (Å²) in [6.07, 6.45) is 0.188. The molecule has 1 atom stereocenters. The minimum atomic E-state index is -0.473. The van der Waals surface area contributed by atoms with Crippen molar-refractivity contribution < 1.29 is 23.7 Å². The Balaban J connectivity index is 1.42. The molecule has 0 radical (unpaired) electrons. The molecule has 0 aliphatic carbocycles. The summed E-state index contributed by atoms with van der Waals surface area (Å²) < 4.78 is 22.0. The second-order valence-corrected chi connectivity index (χ2v) is 9.72. The first kappa shape index (κ1) is 26.4. The van der Waals surface area contributed by atoms with Gasteiger partial charge < -0.3 is 23.9 Å². The van der Waals surface area contributed by atoms with Crippen molar-refractivity contribution >= 4 is 40.2 Å². The Labute approximate surface area is 231 Å². The number of aromatic amines is 1. The number of nitrogens with zero attached hydrogens (tertiary/aromatic N) is 1. The second kappa shape index (κ2) is 12.1. The van der Waals surface area contributed by atoms with Crippen LogP contribution in [0.3, 0.4) is 0 Å². The summed E-state index contributed by atoms with van der Waals surface area (Å²) in [5.74, 6) is 1.04. The fourth-order valence-electron chi connectivity index (χ4n) is 4.69. The van der Waals surface area contributed by atoms with Crippen molar-refractivity contribution in [2.45, 2.75) is 12.5 Å². The summed E-state index contributed by atoms with van der Waals surface area (Å²) in [6, 6.07) is 20.1. The van der Waals surface area contributed by atoms with E-state index in [2.05, 4.69) is 4.98 Å². The van der Waals surface area contributed by atoms with Crippen LogP contribution in [0.4, 0.5) is 4.79 Å². The lowest BCUT2D eigenvalue weighted by Crippen LogP contribution is -2.42. The standard InChI is InChI=1S/C29H28Cl2N2O5/c1-35-14-15-36-16-17-37-21-9-6-19(7-10-21)28-27-22(23-18-20(30)8-11-25(23)32-27)12-13-33(28)29(34)38-26-5-3-2-4-24(26)31/h2-11,18,28,32H,12-17H2,1H3. The molecule has 1 aromatic heterocycles. The number of methoxy groups -OCH3 is 1. The summed E-state index contributed by atoms with van der Waals surface area (Å²) in [5, 5.41) is 2.11. The largest absolute Gasteiger partial charge is 0.491 e. The normalized spacial score (nSPS) is 14.9. The number of para-hydroxylation sites is 1. The molecule has 4 aromatic rings. The maximum absolute atomic E-state index is 13.5. The third kappa shape index (κ3) is 5.76. The summed E-state index contributed by atoms with van der Waals surface area (Å²) in [5.41, 5.74) is 3.97. The number of fused-ring (bicyclic) bond motifs is 3. The van der Waals surface area contributed by atoms with Gasteiger partial charge >= 0.3 is 6.09 Å². The molecule has 0 bridgehead atoms. The van der Waals surface area contributed by atoms with E-state index in [0.29, 0.717) is 60.9 Å². The van der Waals surface area contributed by atoms with Crippen LogP contribution in [0.5, 0.6) is 11.5 Å². The molecule has 0 spiro atoms. The average Bonchev–Trinajstić information content (AvgIpc) is 3.29. The predicted octanol–water partition coefficient (Wildman–Crippen LogP) is 6.66. The Bertz CT molecular complexity index is 1410. The Morgan fingerprint density at radius 1 is 1.00 bits per heavy atom. The number of hydrogen-bond acceptors (Lipinski definition) is 5. The quantitative estimate of drug-likeness (QED) is 0.234. The van der Waals surface area contributed by atoms with Crippen LogP contribution in [0.1, 0.15) is 22.9 Å². The number of hydrogen-bond donors (Lipinski definition) is 1. The zero-order valence-electron chi connectivity index (χ0n) is 20.9. The SMILES string of the molecule is COCCOCCOc1ccc(C2c3[nH]c4ccc(Cl)cc4c3CCN2C(=O)Oc2ccccc2Cl)cc1. The van der Waals surface area contributed by atoms with Gasteiger partial charge in [-0.05, 0) is 60.0 Å². The molecule has 1 aliphatic rings. The van der Waals surface area contributed by atoms with Gasteiger partial charge in [0.25, 0.3) is 0 Å². The number of H-pyrrole nitrogens is 1. The fraction of sp³-hybridized carbons (Fsp3) is 0.276. The summed E-state index contributed by atoms with van der Waals surface area (Å²) >= 11 is 12.6. The topological polar surface area (TPSA) is 73.0 Å². The van der Waals surface area contributed by atoms with Crippen LogP contribution in [0, 0.1) is 0 Å². The van der Waals surface area contributed by atoms with E-state index in [4.69, 9.17) is 42.1 Å². The number of ether oxygens (including phenoxy) is 4. The number of nitrogens with one attached hydrogen (secondary N) is 1. The molecular weight excluding hydrogens is 527 g/mol. The van der Waals surface area contributed by atoms with Gasteiger partial charge in [0.2, 0.25) is 0 Å². The number of carbonyl (C=O) groups excluding carboxylic acids is 1. The molecule has 198 valence electrons. The first-order valence-electron chi connectivity index (χ1n) is 12.4. The highest BCUT2D eigenvalue weighted by atomic mass is 35.5. The van der Waals surface area contributed by atoms with Gasteiger partial charge in [-0.1, -0.05) is 47.5 Å². The Kier molecular flexibility index (Phi) is 8.39. The van der Waals surface area contributed by atoms with E-state index in [0.717, 1.165) is 27.7 Å². The fourth-order valence-corrected chi connectivity index (χ4v) is 5.04. The first-order chi connectivity index (χ1) is 18.5. The van der Waals surface area contributed by atoms with Crippen molar-refractivity contribution in [1.82, 2.24) is 9.88 Å². The van der Waals surface area contributed by atoms with Gasteiger partial charge in [0.1, 0.15) is 18.4 Å². The molecule has 5 rings (SSSR count). The zero-order valence-corrected chi connectivity index (χ0v) is 22.4. The smallest absolute Gasteiger partial charge is 0.416 e. The van der Waals surface area contributed by atoms with E-state index in [9.17, 15) is 4.79 Å². The van der Waals surface area contributed by atoms with Crippen LogP contribution >= 0.6 is 23.2 Å². The highest BCUT2D eigenvalue weighted by Crippen LogP contribution is 2.40. The van der Waals surface area contributed by atoms with Crippen molar-refractivity contribution in [3.05, 3.63) is 93.6 Å². The Morgan fingerprint density at radius 3 is 2.58 bits per heavy atom. The van der Waals surface area contributed by atoms with Crippen LogP contribution in [0.2, 0.25) is 10.0 Å². The lowest BCUT2D eigenvalue weighted by atomic mass is 9.92. The van der Waals surface area contributed by atoms with E-state index in [-0.39, 0.29) is 0 Å². The molecule has 0 fully saturated rings. The number of amides is 1.